The molecule has 1 aliphatic carbocycles. The molecule has 6 aliphatic rings. The number of carboxylic acid groups (broad SMARTS) is 3. The van der Waals surface area contributed by atoms with Crippen LogP contribution >= 0.6 is 0 Å². The summed E-state index contributed by atoms with van der Waals surface area (Å²) in [5.74, 6) is -10.2. The van der Waals surface area contributed by atoms with E-state index in [0.717, 1.165) is 55.7 Å². The lowest BCUT2D eigenvalue weighted by Gasteiger charge is -2.38. The number of ether oxygens (including phenoxy) is 12. The highest BCUT2D eigenvalue weighted by atomic mass is 16.7. The normalized spacial score (nSPS) is 22.9. The Morgan fingerprint density at radius 1 is 0.353 bits per heavy atom. The first-order chi connectivity index (χ1) is 65.6. The summed E-state index contributed by atoms with van der Waals surface area (Å²) in [6.45, 7) is 18.5. The Hall–Kier alpha value is -11.7. The predicted molar refractivity (Wildman–Crippen MR) is 478 cm³/mol. The molecular weight excluding hydrogens is 1840 g/mol. The molecule has 3 aromatic carbocycles. The summed E-state index contributed by atoms with van der Waals surface area (Å²) in [6.07, 6.45) is -12.9. The number of esters is 3. The number of carboxylic acids is 3. The van der Waals surface area contributed by atoms with Gasteiger partial charge in [0.2, 0.25) is 30.3 Å². The van der Waals surface area contributed by atoms with Gasteiger partial charge in [-0.1, -0.05) is 18.2 Å². The van der Waals surface area contributed by atoms with Crippen LogP contribution in [0.1, 0.15) is 147 Å². The molecule has 0 unspecified atom stereocenters. The molecule has 0 bridgehead atoms. The number of rotatable bonds is 49. The van der Waals surface area contributed by atoms with Gasteiger partial charge in [-0.05, 0) is 160 Å². The summed E-state index contributed by atoms with van der Waals surface area (Å²) in [5, 5.41) is 128. The molecule has 9 amide bonds. The summed E-state index contributed by atoms with van der Waals surface area (Å²) >= 11 is 0. The summed E-state index contributed by atoms with van der Waals surface area (Å²) in [5.41, 5.74) is 1.53. The highest BCUT2D eigenvalue weighted by Gasteiger charge is 2.51. The van der Waals surface area contributed by atoms with Gasteiger partial charge in [-0.3, -0.25) is 77.0 Å². The first kappa shape index (κ1) is 114. The number of aliphatic hydroxyl groups excluding tert-OH is 9. The number of carbonyl (C=O) groups excluding carboxylic acids is 12. The van der Waals surface area contributed by atoms with E-state index in [1.807, 2.05) is 0 Å². The van der Waals surface area contributed by atoms with E-state index in [2.05, 4.69) is 16.0 Å². The van der Waals surface area contributed by atoms with Crippen LogP contribution in [0, 0.1) is 22.2 Å². The van der Waals surface area contributed by atoms with Crippen LogP contribution in [0.5, 0.6) is 17.2 Å². The molecule has 5 heterocycles. The van der Waals surface area contributed by atoms with Gasteiger partial charge in [0.1, 0.15) is 92.0 Å². The summed E-state index contributed by atoms with van der Waals surface area (Å²) in [6, 6.07) is 15.2. The van der Waals surface area contributed by atoms with E-state index in [1.54, 1.807) is 105 Å². The number of nitrogens with one attached hydrogen (secondary N) is 3. The van der Waals surface area contributed by atoms with Crippen LogP contribution in [0.15, 0.2) is 91.1 Å². The van der Waals surface area contributed by atoms with Crippen LogP contribution in [0.2, 0.25) is 0 Å². The summed E-state index contributed by atoms with van der Waals surface area (Å²) in [4.78, 5) is 180. The highest BCUT2D eigenvalue weighted by Crippen LogP contribution is 2.36. The lowest BCUT2D eigenvalue weighted by Crippen LogP contribution is -2.61. The van der Waals surface area contributed by atoms with E-state index >= 15 is 0 Å². The van der Waals surface area contributed by atoms with Crippen molar-refractivity contribution in [3.05, 3.63) is 124 Å². The maximum absolute atomic E-state index is 12.5. The molecule has 2 saturated heterocycles. The molecule has 3 fully saturated rings. The lowest BCUT2D eigenvalue weighted by atomic mass is 9.80. The number of aliphatic carboxylic acids is 3. The largest absolute Gasteiger partial charge is 0.487 e. The second kappa shape index (κ2) is 54.8. The number of imide groups is 3. The standard InChI is InChI=1S/C35H50N2O14.C30H40N2O13.C29H38N2O12/c1-35(2,3)34(46)50-21-23-19-22(6-7-25(23)51-26-20-24(33(44)45)30(41)32(43)31(26)42)5-4-13-47-15-17-49-18-16-48-14-11-36-27(38)10-12-37-28(39)8-9-29(37)40;1-30(2,3)29(41)43-16-18-15-17(6-7-19(18)44-28-25(38)23(36)24(37)26(45-28)27(39)40)5-4-13-42-14-11-31-20(33)10-12-32-21(34)8-9-22(32)35;1-29(2,3)28(40)41-15-17-14-16(6-4-5-12-30-19(32)11-13-31-20(33)9-10-21(31)34)7-8-18(17)42-27-24(37)22(35)23(36)25(43-27)26(38)39/h6-9,19,24,26,30-32,41-43H,4-5,10-18,20-21H2,1-3H3,(H,36,38)(H,44,45);6-9,15,23-26,28,36-38H,4-5,10-14,16H2,1-3H3,(H,31,33)(H,39,40);7-10,14,22-25,27,35-37H,4-6,11-13,15H2,1-3H3,(H,30,32)(H,38,39)/t24-,26+,30+,31-,32-;23-,24-,25+,26-,28+;22-,23-,24+,25-,27+/m000/s1. The first-order valence-corrected chi connectivity index (χ1v) is 45.3. The smallest absolute Gasteiger partial charge is 0.335 e. The number of carbonyl (C=O) groups is 15. The Labute approximate surface area is 800 Å². The van der Waals surface area contributed by atoms with Crippen LogP contribution in [0.4, 0.5) is 0 Å². The number of hydrogen-bond acceptors (Lipinski definition) is 36. The number of aryl methyl sites for hydroxylation is 3. The van der Waals surface area contributed by atoms with Gasteiger partial charge in [0, 0.05) is 131 Å². The molecule has 45 heteroatoms. The van der Waals surface area contributed by atoms with Crippen molar-refractivity contribution in [2.75, 3.05) is 92.1 Å². The molecule has 45 nitrogen and oxygen atoms in total. The minimum absolute atomic E-state index is 0.000125. The SMILES string of the molecule is CC(C)(C)C(=O)OCc1cc(CCCCNC(=O)CCN2C(=O)C=CC2=O)ccc1O[C@@H]1O[C@H](C(=O)O)[C@@H](O)[C@H](O)[C@H]1O.CC(C)(C)C(=O)OCc1cc(CCCOCCNC(=O)CCN2C(=O)C=CC2=O)ccc1O[C@@H]1O[C@H](C(=O)O)[C@@H](O)[C@H](O)[C@H]1O.CC(C)(C)C(=O)OCc1cc(CCCOCCOCCOCCNC(=O)CCN2C(=O)C=CC2=O)ccc1O[C@@H]1C[C@H](C(=O)O)[C@@H](O)[C@H](O)[C@H]1O. The lowest BCUT2D eigenvalue weighted by molar-refractivity contribution is -0.271. The minimum atomic E-state index is -1.87. The highest BCUT2D eigenvalue weighted by molar-refractivity contribution is 6.14. The molecule has 0 radical (unpaired) electrons. The molecule has 3 aromatic rings. The Morgan fingerprint density at radius 2 is 0.655 bits per heavy atom. The van der Waals surface area contributed by atoms with E-state index in [0.29, 0.717) is 108 Å². The number of aliphatic hydroxyl groups is 9. The van der Waals surface area contributed by atoms with Gasteiger partial charge < -0.3 is 134 Å². The molecule has 0 aromatic heterocycles. The van der Waals surface area contributed by atoms with Crippen molar-refractivity contribution < 1.29 is 190 Å². The molecule has 5 aliphatic heterocycles. The fourth-order valence-electron chi connectivity index (χ4n) is 13.9. The molecule has 15 N–H and O–H groups in total. The van der Waals surface area contributed by atoms with Crippen molar-refractivity contribution >= 4 is 89.0 Å². The number of hydrogen-bond donors (Lipinski definition) is 15. The number of benzene rings is 3. The maximum Gasteiger partial charge on any atom is 0.335 e. The average molecular weight is 1970 g/mol. The third-order valence-electron chi connectivity index (χ3n) is 22.0. The van der Waals surface area contributed by atoms with Crippen LogP contribution < -0.4 is 30.2 Å². The molecule has 15 atom stereocenters. The second-order valence-electron chi connectivity index (χ2n) is 36.2. The van der Waals surface area contributed by atoms with Gasteiger partial charge >= 0.3 is 35.8 Å². The van der Waals surface area contributed by atoms with Gasteiger partial charge in [0.05, 0.1) is 67.9 Å². The zero-order valence-corrected chi connectivity index (χ0v) is 78.9. The van der Waals surface area contributed by atoms with Gasteiger partial charge in [-0.15, -0.1) is 0 Å². The Balaban J connectivity index is 0.000000285. The molecule has 0 spiro atoms. The Kier molecular flexibility index (Phi) is 45.0. The predicted octanol–water partition coefficient (Wildman–Crippen LogP) is -0.648. The van der Waals surface area contributed by atoms with Crippen LogP contribution in [-0.2, 0) is 154 Å². The van der Waals surface area contributed by atoms with Crippen molar-refractivity contribution in [3.63, 3.8) is 0 Å². The average Bonchev–Trinajstić information content (AvgIpc) is 1.63. The first-order valence-electron chi connectivity index (χ1n) is 45.3. The van der Waals surface area contributed by atoms with Crippen molar-refractivity contribution in [2.45, 2.75) is 239 Å². The van der Waals surface area contributed by atoms with Crippen LogP contribution in [0.3, 0.4) is 0 Å². The number of amides is 9. The minimum Gasteiger partial charge on any atom is -0.487 e. The van der Waals surface area contributed by atoms with E-state index in [1.165, 1.54) is 24.3 Å². The van der Waals surface area contributed by atoms with Gasteiger partial charge in [-0.25, -0.2) is 9.59 Å². The van der Waals surface area contributed by atoms with E-state index < -0.39 is 179 Å². The molecule has 9 rings (SSSR count). The van der Waals surface area contributed by atoms with E-state index in [-0.39, 0.29) is 126 Å². The van der Waals surface area contributed by atoms with Crippen molar-refractivity contribution in [1.82, 2.24) is 30.7 Å². The number of unbranched alkanes of at least 4 members (excludes halogenated alkanes) is 1. The van der Waals surface area contributed by atoms with Crippen LogP contribution in [-0.4, -0.2) is 343 Å². The fourth-order valence-corrected chi connectivity index (χ4v) is 13.9. The van der Waals surface area contributed by atoms with E-state index in [9.17, 15) is 133 Å². The molecular formula is C94H128N6O39. The van der Waals surface area contributed by atoms with Crippen molar-refractivity contribution in [2.24, 2.45) is 22.2 Å². The summed E-state index contributed by atoms with van der Waals surface area (Å²) < 4.78 is 66.4. The number of nitrogens with zero attached hydrogens (tertiary/aromatic N) is 3. The Bertz CT molecular complexity index is 4770. The molecule has 768 valence electrons. The summed E-state index contributed by atoms with van der Waals surface area (Å²) in [7, 11) is 0. The van der Waals surface area contributed by atoms with Crippen molar-refractivity contribution in [3.8, 4) is 17.2 Å². The fraction of sp³-hybridized carbons (Fsp3) is 0.585. The zero-order valence-electron chi connectivity index (χ0n) is 78.9. The van der Waals surface area contributed by atoms with Gasteiger partial charge in [-0.2, -0.15) is 0 Å². The molecule has 139 heavy (non-hydrogen) atoms. The third-order valence-corrected chi connectivity index (χ3v) is 22.0. The quantitative estimate of drug-likeness (QED) is 0.0145. The third kappa shape index (κ3) is 36.2. The monoisotopic (exact) mass is 1960 g/mol. The van der Waals surface area contributed by atoms with Gasteiger partial charge in [0.25, 0.3) is 35.4 Å². The maximum atomic E-state index is 12.5. The van der Waals surface area contributed by atoms with Crippen molar-refractivity contribution in [1.29, 1.82) is 0 Å². The van der Waals surface area contributed by atoms with Gasteiger partial charge in [0.15, 0.2) is 12.2 Å². The van der Waals surface area contributed by atoms with E-state index in [4.69, 9.17) is 56.8 Å². The van der Waals surface area contributed by atoms with Crippen LogP contribution in [0.25, 0.3) is 0 Å². The Morgan fingerprint density at radius 3 is 0.986 bits per heavy atom. The molecule has 1 saturated carbocycles. The zero-order chi connectivity index (χ0) is 103. The topological polar surface area (TPSA) is 655 Å². The second-order valence-corrected chi connectivity index (χ2v) is 36.2.